The maximum absolute atomic E-state index is 12.4. The Labute approximate surface area is 115 Å². The third-order valence-electron chi connectivity index (χ3n) is 3.62. The van der Waals surface area contributed by atoms with Gasteiger partial charge in [0.2, 0.25) is 0 Å². The first kappa shape index (κ1) is 14.5. The van der Waals surface area contributed by atoms with Crippen molar-refractivity contribution in [3.05, 3.63) is 32.1 Å². The summed E-state index contributed by atoms with van der Waals surface area (Å²) in [4.78, 5) is 36.4. The lowest BCUT2D eigenvalue weighted by molar-refractivity contribution is -0.0375. The van der Waals surface area contributed by atoms with Gasteiger partial charge in [0.05, 0.1) is 7.11 Å². The molecule has 0 aromatic carbocycles. The molecule has 0 saturated carbocycles. The molecule has 1 atom stereocenters. The highest BCUT2D eigenvalue weighted by molar-refractivity contribution is 5.71. The number of hydrogen-bond donors (Lipinski definition) is 0. The first-order chi connectivity index (χ1) is 9.49. The van der Waals surface area contributed by atoms with Crippen LogP contribution in [0.3, 0.4) is 0 Å². The second-order valence-electron chi connectivity index (χ2n) is 4.79. The van der Waals surface area contributed by atoms with E-state index in [0.29, 0.717) is 24.3 Å². The van der Waals surface area contributed by atoms with Gasteiger partial charge in [-0.1, -0.05) is 0 Å². The van der Waals surface area contributed by atoms with Crippen molar-refractivity contribution < 1.29 is 14.3 Å². The number of methoxy groups -OCH3 is 1. The maximum atomic E-state index is 12.4. The van der Waals surface area contributed by atoms with E-state index in [1.165, 1.54) is 7.11 Å². The Kier molecular flexibility index (Phi) is 4.08. The number of nitrogens with zero attached hydrogens (tertiary/aromatic N) is 2. The molecule has 20 heavy (non-hydrogen) atoms. The van der Waals surface area contributed by atoms with E-state index in [0.717, 1.165) is 22.0 Å². The molecule has 1 unspecified atom stereocenters. The zero-order chi connectivity index (χ0) is 14.9. The molecule has 2 heterocycles. The van der Waals surface area contributed by atoms with E-state index >= 15 is 0 Å². The minimum absolute atomic E-state index is 0.291. The topological polar surface area (TPSA) is 79.5 Å². The fourth-order valence-electron chi connectivity index (χ4n) is 2.33. The summed E-state index contributed by atoms with van der Waals surface area (Å²) in [5, 5.41) is 0. The molecule has 1 aliphatic heterocycles. The van der Waals surface area contributed by atoms with Crippen LogP contribution in [0.25, 0.3) is 0 Å². The lowest BCUT2D eigenvalue weighted by Crippen LogP contribution is -2.47. The molecule has 2 rings (SSSR count). The normalized spacial score (nSPS) is 18.9. The minimum atomic E-state index is -0.805. The van der Waals surface area contributed by atoms with Crippen LogP contribution in [0.15, 0.2) is 9.59 Å². The van der Waals surface area contributed by atoms with Crippen LogP contribution in [0, 0.1) is 13.8 Å². The monoisotopic (exact) mass is 282 g/mol. The highest BCUT2D eigenvalue weighted by Crippen LogP contribution is 2.19. The third-order valence-corrected chi connectivity index (χ3v) is 3.62. The van der Waals surface area contributed by atoms with Crippen molar-refractivity contribution in [1.82, 2.24) is 9.13 Å². The Morgan fingerprint density at radius 3 is 2.55 bits per heavy atom. The van der Waals surface area contributed by atoms with Crippen molar-refractivity contribution in [1.29, 1.82) is 0 Å². The first-order valence-corrected chi connectivity index (χ1v) is 6.53. The highest BCUT2D eigenvalue weighted by Gasteiger charge is 2.25. The molecule has 0 radical (unpaired) electrons. The van der Waals surface area contributed by atoms with Crippen LogP contribution in [0.1, 0.15) is 36.7 Å². The summed E-state index contributed by atoms with van der Waals surface area (Å²) in [5.74, 6) is 0. The summed E-state index contributed by atoms with van der Waals surface area (Å²) in [6.07, 6.45) is 0.945. The van der Waals surface area contributed by atoms with E-state index in [-0.39, 0.29) is 0 Å². The summed E-state index contributed by atoms with van der Waals surface area (Å²) >= 11 is 0. The van der Waals surface area contributed by atoms with Gasteiger partial charge in [0.1, 0.15) is 6.23 Å². The van der Waals surface area contributed by atoms with Crippen LogP contribution >= 0.6 is 0 Å². The van der Waals surface area contributed by atoms with E-state index in [2.05, 4.69) is 4.74 Å². The minimum Gasteiger partial charge on any atom is -0.452 e. The fourth-order valence-corrected chi connectivity index (χ4v) is 2.33. The van der Waals surface area contributed by atoms with Crippen molar-refractivity contribution >= 4 is 6.09 Å². The van der Waals surface area contributed by atoms with E-state index < -0.39 is 23.6 Å². The van der Waals surface area contributed by atoms with E-state index in [1.54, 1.807) is 13.8 Å². The Bertz CT molecular complexity index is 637. The van der Waals surface area contributed by atoms with Crippen molar-refractivity contribution in [2.45, 2.75) is 39.3 Å². The molecule has 0 spiro atoms. The molecule has 1 aromatic rings. The number of rotatable bonds is 1. The van der Waals surface area contributed by atoms with Gasteiger partial charge in [-0.2, -0.15) is 0 Å². The smallest absolute Gasteiger partial charge is 0.422 e. The zero-order valence-electron chi connectivity index (χ0n) is 11.8. The SMILES string of the molecule is COC(=O)n1c(C)c(C)c(=O)n(C2CCCCO2)c1=O. The molecule has 1 aromatic heterocycles. The lowest BCUT2D eigenvalue weighted by Gasteiger charge is -2.25. The van der Waals surface area contributed by atoms with Crippen LogP contribution in [-0.4, -0.2) is 28.9 Å². The van der Waals surface area contributed by atoms with Crippen molar-refractivity contribution in [3.8, 4) is 0 Å². The van der Waals surface area contributed by atoms with E-state index in [1.807, 2.05) is 0 Å². The molecular formula is C13H18N2O5. The molecule has 1 aliphatic rings. The highest BCUT2D eigenvalue weighted by atomic mass is 16.5. The molecule has 0 aliphatic carbocycles. The van der Waals surface area contributed by atoms with Crippen molar-refractivity contribution in [2.75, 3.05) is 13.7 Å². The Morgan fingerprint density at radius 2 is 2.00 bits per heavy atom. The number of aromatic nitrogens is 2. The van der Waals surface area contributed by atoms with Gasteiger partial charge in [-0.15, -0.1) is 0 Å². The second-order valence-corrected chi connectivity index (χ2v) is 4.79. The van der Waals surface area contributed by atoms with Gasteiger partial charge >= 0.3 is 11.8 Å². The van der Waals surface area contributed by atoms with Crippen molar-refractivity contribution in [2.24, 2.45) is 0 Å². The number of ether oxygens (including phenoxy) is 2. The quantitative estimate of drug-likeness (QED) is 0.766. The van der Waals surface area contributed by atoms with Gasteiger partial charge in [-0.25, -0.2) is 18.7 Å². The summed E-state index contributed by atoms with van der Waals surface area (Å²) in [6.45, 7) is 3.62. The summed E-state index contributed by atoms with van der Waals surface area (Å²) in [5.41, 5.74) is -0.500. The second kappa shape index (κ2) is 5.62. The fraction of sp³-hybridized carbons (Fsp3) is 0.615. The predicted octanol–water partition coefficient (Wildman–Crippen LogP) is 0.940. The molecule has 0 bridgehead atoms. The number of carbonyl (C=O) groups is 1. The van der Waals surface area contributed by atoms with Crippen molar-refractivity contribution in [3.63, 3.8) is 0 Å². The molecule has 1 fully saturated rings. The van der Waals surface area contributed by atoms with Gasteiger partial charge in [-0.3, -0.25) is 4.79 Å². The predicted molar refractivity (Wildman–Crippen MR) is 71.1 cm³/mol. The number of hydrogen-bond acceptors (Lipinski definition) is 5. The zero-order valence-corrected chi connectivity index (χ0v) is 11.8. The van der Waals surface area contributed by atoms with Crippen LogP contribution in [-0.2, 0) is 9.47 Å². The molecule has 7 nitrogen and oxygen atoms in total. The maximum Gasteiger partial charge on any atom is 0.422 e. The Morgan fingerprint density at radius 1 is 1.30 bits per heavy atom. The number of carbonyl (C=O) groups excluding carboxylic acids is 1. The molecule has 110 valence electrons. The van der Waals surface area contributed by atoms with Crippen LogP contribution in [0.2, 0.25) is 0 Å². The van der Waals surface area contributed by atoms with Gasteiger partial charge in [0, 0.05) is 17.9 Å². The molecule has 0 N–H and O–H groups in total. The lowest BCUT2D eigenvalue weighted by atomic mass is 10.2. The standard InChI is InChI=1S/C13H18N2O5/c1-8-9(2)14(13(18)19-3)12(17)15(11(8)16)10-6-4-5-7-20-10/h10H,4-7H2,1-3H3. The van der Waals surface area contributed by atoms with Crippen LogP contribution < -0.4 is 11.2 Å². The Hall–Kier alpha value is -1.89. The largest absolute Gasteiger partial charge is 0.452 e. The average molecular weight is 282 g/mol. The van der Waals surface area contributed by atoms with Gasteiger partial charge < -0.3 is 9.47 Å². The first-order valence-electron chi connectivity index (χ1n) is 6.53. The van der Waals surface area contributed by atoms with Gasteiger partial charge in [0.15, 0.2) is 0 Å². The molecular weight excluding hydrogens is 264 g/mol. The molecule has 0 amide bonds. The van der Waals surface area contributed by atoms with Crippen LogP contribution in [0.4, 0.5) is 4.79 Å². The Balaban J connectivity index is 2.68. The van der Waals surface area contributed by atoms with E-state index in [9.17, 15) is 14.4 Å². The summed E-state index contributed by atoms with van der Waals surface area (Å²) in [6, 6.07) is 0. The van der Waals surface area contributed by atoms with Crippen LogP contribution in [0.5, 0.6) is 0 Å². The summed E-state index contributed by atoms with van der Waals surface area (Å²) < 4.78 is 12.0. The molecule has 1 saturated heterocycles. The molecule has 7 heteroatoms. The third kappa shape index (κ3) is 2.29. The van der Waals surface area contributed by atoms with E-state index in [4.69, 9.17) is 4.74 Å². The van der Waals surface area contributed by atoms with Gasteiger partial charge in [0.25, 0.3) is 5.56 Å². The summed E-state index contributed by atoms with van der Waals surface area (Å²) in [7, 11) is 1.19. The average Bonchev–Trinajstić information content (AvgIpc) is 2.46. The van der Waals surface area contributed by atoms with Gasteiger partial charge in [-0.05, 0) is 33.1 Å².